The van der Waals surface area contributed by atoms with Crippen LogP contribution in [0.4, 0.5) is 0 Å². The van der Waals surface area contributed by atoms with Crippen molar-refractivity contribution in [3.63, 3.8) is 0 Å². The van der Waals surface area contributed by atoms with E-state index in [1.165, 1.54) is 0 Å². The van der Waals surface area contributed by atoms with Crippen molar-refractivity contribution < 1.29 is 19.7 Å². The molecular formula is C19H30O4. The molecule has 0 bridgehead atoms. The molecule has 0 aliphatic carbocycles. The number of allylic oxidation sites excluding steroid dienone is 8. The van der Waals surface area contributed by atoms with Crippen LogP contribution < -0.4 is 0 Å². The van der Waals surface area contributed by atoms with E-state index in [9.17, 15) is 4.79 Å². The first-order valence-corrected chi connectivity index (χ1v) is 8.25. The van der Waals surface area contributed by atoms with Crippen LogP contribution in [0.15, 0.2) is 48.6 Å². The summed E-state index contributed by atoms with van der Waals surface area (Å²) in [5.41, 5.74) is 0. The summed E-state index contributed by atoms with van der Waals surface area (Å²) in [6, 6.07) is 0. The number of esters is 1. The van der Waals surface area contributed by atoms with E-state index in [1.807, 2.05) is 12.2 Å². The van der Waals surface area contributed by atoms with Crippen molar-refractivity contribution in [2.75, 3.05) is 13.2 Å². The molecule has 1 unspecified atom stereocenters. The third-order valence-corrected chi connectivity index (χ3v) is 2.88. The Kier molecular flexibility index (Phi) is 15.5. The third kappa shape index (κ3) is 16.5. The molecular weight excluding hydrogens is 292 g/mol. The van der Waals surface area contributed by atoms with Crippen LogP contribution in [-0.4, -0.2) is 35.5 Å². The normalized spacial score (nSPS) is 13.7. The van der Waals surface area contributed by atoms with Crippen LogP contribution in [0.2, 0.25) is 0 Å². The van der Waals surface area contributed by atoms with Crippen LogP contribution in [0, 0.1) is 0 Å². The summed E-state index contributed by atoms with van der Waals surface area (Å²) in [6.07, 6.45) is 20.6. The fraction of sp³-hybridized carbons (Fsp3) is 0.526. The quantitative estimate of drug-likeness (QED) is 0.402. The standard InChI is InChI=1S/C19H30O4/c1-2-3-4-5-6-7-8-9-10-11-12-13-14-15-19(22)23-17-18(21)16-20/h3-4,6-7,9-10,12-13,18,20-21H,2,5,8,11,14-17H2,1H3/b4-3-,7-6-,10-9-,13-12-. The molecule has 4 nitrogen and oxygen atoms in total. The Labute approximate surface area is 139 Å². The molecule has 0 aliphatic rings. The molecule has 23 heavy (non-hydrogen) atoms. The van der Waals surface area contributed by atoms with E-state index >= 15 is 0 Å². The Balaban J connectivity index is 3.54. The van der Waals surface area contributed by atoms with E-state index in [-0.39, 0.29) is 19.0 Å². The zero-order valence-corrected chi connectivity index (χ0v) is 14.1. The van der Waals surface area contributed by atoms with Crippen molar-refractivity contribution in [3.05, 3.63) is 48.6 Å². The first kappa shape index (κ1) is 21.4. The van der Waals surface area contributed by atoms with Crippen molar-refractivity contribution in [3.8, 4) is 0 Å². The first-order valence-electron chi connectivity index (χ1n) is 8.25. The predicted octanol–water partition coefficient (Wildman–Crippen LogP) is 3.47. The van der Waals surface area contributed by atoms with Crippen molar-refractivity contribution in [2.45, 2.75) is 51.6 Å². The van der Waals surface area contributed by atoms with Crippen molar-refractivity contribution in [1.82, 2.24) is 0 Å². The summed E-state index contributed by atoms with van der Waals surface area (Å²) < 4.78 is 4.79. The summed E-state index contributed by atoms with van der Waals surface area (Å²) in [7, 11) is 0. The lowest BCUT2D eigenvalue weighted by Gasteiger charge is -2.07. The maximum atomic E-state index is 11.3. The molecule has 0 aromatic rings. The molecule has 0 spiro atoms. The van der Waals surface area contributed by atoms with Gasteiger partial charge in [0, 0.05) is 6.42 Å². The predicted molar refractivity (Wildman–Crippen MR) is 94.0 cm³/mol. The van der Waals surface area contributed by atoms with Crippen LogP contribution in [0.3, 0.4) is 0 Å². The second-order valence-corrected chi connectivity index (χ2v) is 5.06. The van der Waals surface area contributed by atoms with E-state index in [2.05, 4.69) is 43.4 Å². The lowest BCUT2D eigenvalue weighted by molar-refractivity contribution is -0.147. The number of ether oxygens (including phenoxy) is 1. The summed E-state index contributed by atoms with van der Waals surface area (Å²) in [6.45, 7) is 1.58. The topological polar surface area (TPSA) is 66.8 Å². The van der Waals surface area contributed by atoms with Gasteiger partial charge in [0.2, 0.25) is 0 Å². The van der Waals surface area contributed by atoms with Gasteiger partial charge in [0.1, 0.15) is 12.7 Å². The smallest absolute Gasteiger partial charge is 0.306 e. The van der Waals surface area contributed by atoms with Gasteiger partial charge in [-0.05, 0) is 32.1 Å². The third-order valence-electron chi connectivity index (χ3n) is 2.88. The molecule has 0 radical (unpaired) electrons. The number of hydrogen-bond acceptors (Lipinski definition) is 4. The zero-order valence-electron chi connectivity index (χ0n) is 14.1. The molecule has 130 valence electrons. The highest BCUT2D eigenvalue weighted by Gasteiger charge is 2.06. The highest BCUT2D eigenvalue weighted by Crippen LogP contribution is 1.98. The van der Waals surface area contributed by atoms with Gasteiger partial charge in [-0.2, -0.15) is 0 Å². The maximum absolute atomic E-state index is 11.3. The molecule has 0 amide bonds. The van der Waals surface area contributed by atoms with E-state index < -0.39 is 12.7 Å². The van der Waals surface area contributed by atoms with Crippen LogP contribution in [0.25, 0.3) is 0 Å². The van der Waals surface area contributed by atoms with Crippen molar-refractivity contribution in [2.24, 2.45) is 0 Å². The minimum absolute atomic E-state index is 0.149. The minimum Gasteiger partial charge on any atom is -0.463 e. The molecule has 0 saturated heterocycles. The number of carbonyl (C=O) groups excluding carboxylic acids is 1. The van der Waals surface area contributed by atoms with E-state index in [1.54, 1.807) is 0 Å². The van der Waals surface area contributed by atoms with Gasteiger partial charge in [-0.3, -0.25) is 4.79 Å². The Morgan fingerprint density at radius 3 is 2.00 bits per heavy atom. The average Bonchev–Trinajstić information content (AvgIpc) is 2.56. The average molecular weight is 322 g/mol. The molecule has 4 heteroatoms. The number of rotatable bonds is 13. The molecule has 1 atom stereocenters. The van der Waals surface area contributed by atoms with Crippen LogP contribution in [-0.2, 0) is 9.53 Å². The molecule has 0 saturated carbocycles. The zero-order chi connectivity index (χ0) is 17.2. The SMILES string of the molecule is CC/C=C\C/C=C\C/C=C\C/C=C\CCC(=O)OCC(O)CO. The summed E-state index contributed by atoms with van der Waals surface area (Å²) in [4.78, 5) is 11.3. The van der Waals surface area contributed by atoms with Gasteiger partial charge >= 0.3 is 5.97 Å². The summed E-state index contributed by atoms with van der Waals surface area (Å²) in [5, 5.41) is 17.6. The van der Waals surface area contributed by atoms with Gasteiger partial charge in [-0.15, -0.1) is 0 Å². The Hall–Kier alpha value is -1.65. The van der Waals surface area contributed by atoms with Gasteiger partial charge in [0.05, 0.1) is 6.61 Å². The molecule has 0 aliphatic heterocycles. The van der Waals surface area contributed by atoms with Gasteiger partial charge in [0.25, 0.3) is 0 Å². The van der Waals surface area contributed by atoms with Gasteiger partial charge in [-0.25, -0.2) is 0 Å². The highest BCUT2D eigenvalue weighted by atomic mass is 16.5. The maximum Gasteiger partial charge on any atom is 0.306 e. The Bertz CT molecular complexity index is 394. The first-order chi connectivity index (χ1) is 11.2. The van der Waals surface area contributed by atoms with E-state index in [0.29, 0.717) is 6.42 Å². The summed E-state index contributed by atoms with van der Waals surface area (Å²) >= 11 is 0. The van der Waals surface area contributed by atoms with Gasteiger partial charge < -0.3 is 14.9 Å². The minimum atomic E-state index is -0.989. The second-order valence-electron chi connectivity index (χ2n) is 5.06. The summed E-state index contributed by atoms with van der Waals surface area (Å²) in [5.74, 6) is -0.361. The van der Waals surface area contributed by atoms with Gasteiger partial charge in [-0.1, -0.05) is 55.5 Å². The number of aliphatic hydroxyl groups excluding tert-OH is 2. The lowest BCUT2D eigenvalue weighted by Crippen LogP contribution is -2.21. The molecule has 2 N–H and O–H groups in total. The van der Waals surface area contributed by atoms with E-state index in [0.717, 1.165) is 25.7 Å². The number of carbonyl (C=O) groups is 1. The fourth-order valence-corrected chi connectivity index (χ4v) is 1.61. The van der Waals surface area contributed by atoms with Crippen LogP contribution in [0.1, 0.15) is 45.4 Å². The lowest BCUT2D eigenvalue weighted by atomic mass is 10.2. The number of aliphatic hydroxyl groups is 2. The fourth-order valence-electron chi connectivity index (χ4n) is 1.61. The van der Waals surface area contributed by atoms with Crippen LogP contribution in [0.5, 0.6) is 0 Å². The Morgan fingerprint density at radius 2 is 1.48 bits per heavy atom. The van der Waals surface area contributed by atoms with Crippen molar-refractivity contribution in [1.29, 1.82) is 0 Å². The van der Waals surface area contributed by atoms with Crippen molar-refractivity contribution >= 4 is 5.97 Å². The molecule has 0 heterocycles. The van der Waals surface area contributed by atoms with Crippen LogP contribution >= 0.6 is 0 Å². The molecule has 0 fully saturated rings. The van der Waals surface area contributed by atoms with Gasteiger partial charge in [0.15, 0.2) is 0 Å². The highest BCUT2D eigenvalue weighted by molar-refractivity contribution is 5.69. The second kappa shape index (κ2) is 16.7. The largest absolute Gasteiger partial charge is 0.463 e. The molecule has 0 aromatic heterocycles. The molecule has 0 rings (SSSR count). The molecule has 0 aromatic carbocycles. The monoisotopic (exact) mass is 322 g/mol. The number of hydrogen-bond donors (Lipinski definition) is 2. The Morgan fingerprint density at radius 1 is 0.957 bits per heavy atom. The van der Waals surface area contributed by atoms with E-state index in [4.69, 9.17) is 14.9 Å².